The highest BCUT2D eigenvalue weighted by molar-refractivity contribution is 6.25. The topological polar surface area (TPSA) is 113 Å². The van der Waals surface area contributed by atoms with E-state index in [0.29, 0.717) is 11.1 Å². The summed E-state index contributed by atoms with van der Waals surface area (Å²) < 4.78 is 0. The fraction of sp³-hybridized carbons (Fsp3) is 0.185. The van der Waals surface area contributed by atoms with Crippen molar-refractivity contribution >= 4 is 35.2 Å². The van der Waals surface area contributed by atoms with Crippen LogP contribution in [-0.4, -0.2) is 39.8 Å². The van der Waals surface area contributed by atoms with E-state index in [1.807, 2.05) is 24.3 Å². The number of Topliss-reactive ketones (excluding diaryl/α,β-unsaturated/α-hetero) is 1. The molecule has 0 saturated carbocycles. The predicted octanol–water partition coefficient (Wildman–Crippen LogP) is 3.66. The number of amides is 2. The predicted molar refractivity (Wildman–Crippen MR) is 130 cm³/mol. The molecule has 6 rings (SSSR count). The fourth-order valence-corrected chi connectivity index (χ4v) is 5.63. The monoisotopic (exact) mass is 480 g/mol. The molecule has 3 aliphatic rings. The highest BCUT2D eigenvalue weighted by Crippen LogP contribution is 2.53. The van der Waals surface area contributed by atoms with Gasteiger partial charge >= 0.3 is 0 Å². The number of hydrogen-bond donors (Lipinski definition) is 0. The van der Waals surface area contributed by atoms with Crippen molar-refractivity contribution in [2.45, 2.75) is 19.0 Å². The maximum absolute atomic E-state index is 13.9. The Labute approximate surface area is 205 Å². The van der Waals surface area contributed by atoms with Crippen LogP contribution in [0.2, 0.25) is 0 Å². The number of fused-ring (bicyclic) bond motifs is 5. The molecule has 0 unspecified atom stereocenters. The smallest absolute Gasteiger partial charge is 0.271 e. The van der Waals surface area contributed by atoms with Gasteiger partial charge in [-0.3, -0.25) is 29.5 Å². The summed E-state index contributed by atoms with van der Waals surface area (Å²) in [5, 5.41) is 17.5. The number of rotatable bonds is 4. The van der Waals surface area contributed by atoms with E-state index in [2.05, 4.69) is 5.10 Å². The number of aryl methyl sites for hydroxylation is 1. The van der Waals surface area contributed by atoms with E-state index < -0.39 is 40.7 Å². The van der Waals surface area contributed by atoms with Crippen LogP contribution in [-0.2, 0) is 9.59 Å². The van der Waals surface area contributed by atoms with E-state index in [-0.39, 0.29) is 17.2 Å². The Balaban J connectivity index is 1.51. The van der Waals surface area contributed by atoms with Gasteiger partial charge in [-0.05, 0) is 23.6 Å². The van der Waals surface area contributed by atoms with Crippen LogP contribution in [0.3, 0.4) is 0 Å². The van der Waals surface area contributed by atoms with Crippen LogP contribution in [0.4, 0.5) is 11.4 Å². The minimum atomic E-state index is -0.993. The lowest BCUT2D eigenvalue weighted by molar-refractivity contribution is -0.384. The molecule has 0 N–H and O–H groups in total. The third-order valence-corrected chi connectivity index (χ3v) is 7.26. The lowest BCUT2D eigenvalue weighted by atomic mass is 9.83. The number of benzene rings is 3. The first-order valence-electron chi connectivity index (χ1n) is 11.5. The maximum Gasteiger partial charge on any atom is 0.271 e. The molecule has 3 aliphatic heterocycles. The second-order valence-corrected chi connectivity index (χ2v) is 9.16. The zero-order valence-corrected chi connectivity index (χ0v) is 19.1. The second kappa shape index (κ2) is 7.94. The second-order valence-electron chi connectivity index (χ2n) is 9.16. The van der Waals surface area contributed by atoms with Gasteiger partial charge in [0, 0.05) is 17.7 Å². The maximum atomic E-state index is 13.9. The number of non-ortho nitro benzene ring substituents is 1. The summed E-state index contributed by atoms with van der Waals surface area (Å²) in [6, 6.07) is 18.6. The summed E-state index contributed by atoms with van der Waals surface area (Å²) in [5.74, 6) is -3.20. The first kappa shape index (κ1) is 21.8. The highest BCUT2D eigenvalue weighted by atomic mass is 16.6. The van der Waals surface area contributed by atoms with Crippen LogP contribution in [0.15, 0.2) is 77.9 Å². The number of nitro benzene ring substituents is 1. The van der Waals surface area contributed by atoms with Crippen molar-refractivity contribution < 1.29 is 19.3 Å². The van der Waals surface area contributed by atoms with Crippen molar-refractivity contribution in [3.8, 4) is 0 Å². The van der Waals surface area contributed by atoms with Gasteiger partial charge in [0.15, 0.2) is 5.78 Å². The van der Waals surface area contributed by atoms with E-state index in [1.165, 1.54) is 18.2 Å². The Hall–Kier alpha value is -4.66. The summed E-state index contributed by atoms with van der Waals surface area (Å²) in [6.45, 7) is 1.69. The SMILES string of the molecule is Cc1ccc([N+](=O)[O-])cc1N1C(=O)[C@@H]2[C@H](C1=O)[C@H](C(=O)c1ccccc1)N1N=Cc3ccccc3[C@@H]21. The number of ketones is 1. The molecule has 2 fully saturated rings. The number of imide groups is 1. The summed E-state index contributed by atoms with van der Waals surface area (Å²) in [6.07, 6.45) is 1.65. The number of nitro groups is 1. The first-order chi connectivity index (χ1) is 17.4. The molecule has 0 bridgehead atoms. The van der Waals surface area contributed by atoms with E-state index in [4.69, 9.17) is 0 Å². The van der Waals surface area contributed by atoms with Crippen LogP contribution >= 0.6 is 0 Å². The molecule has 9 heteroatoms. The number of hydrogen-bond acceptors (Lipinski definition) is 7. The molecule has 36 heavy (non-hydrogen) atoms. The Morgan fingerprint density at radius 3 is 2.39 bits per heavy atom. The quantitative estimate of drug-likeness (QED) is 0.244. The Morgan fingerprint density at radius 1 is 0.944 bits per heavy atom. The molecule has 2 saturated heterocycles. The van der Waals surface area contributed by atoms with Gasteiger partial charge in [0.05, 0.1) is 34.7 Å². The van der Waals surface area contributed by atoms with Gasteiger partial charge in [0.2, 0.25) is 11.8 Å². The molecular weight excluding hydrogens is 460 g/mol. The number of nitrogens with zero attached hydrogens (tertiary/aromatic N) is 4. The molecule has 178 valence electrons. The number of hydrazone groups is 1. The zero-order chi connectivity index (χ0) is 25.1. The molecule has 0 aromatic heterocycles. The molecule has 0 radical (unpaired) electrons. The van der Waals surface area contributed by atoms with Gasteiger partial charge in [0.1, 0.15) is 6.04 Å². The van der Waals surface area contributed by atoms with Crippen LogP contribution in [0.1, 0.15) is 33.1 Å². The normalized spacial score (nSPS) is 23.9. The van der Waals surface area contributed by atoms with E-state index in [0.717, 1.165) is 16.0 Å². The van der Waals surface area contributed by atoms with Crippen molar-refractivity contribution in [1.29, 1.82) is 0 Å². The van der Waals surface area contributed by atoms with E-state index in [9.17, 15) is 24.5 Å². The molecule has 9 nitrogen and oxygen atoms in total. The van der Waals surface area contributed by atoms with Crippen molar-refractivity contribution in [2.75, 3.05) is 4.90 Å². The van der Waals surface area contributed by atoms with Crippen LogP contribution in [0.5, 0.6) is 0 Å². The molecular formula is C27H20N4O5. The highest BCUT2D eigenvalue weighted by Gasteiger charge is 2.65. The van der Waals surface area contributed by atoms with Gasteiger partial charge in [-0.1, -0.05) is 60.7 Å². The van der Waals surface area contributed by atoms with E-state index >= 15 is 0 Å². The van der Waals surface area contributed by atoms with Crippen molar-refractivity contribution in [2.24, 2.45) is 16.9 Å². The molecule has 0 spiro atoms. The summed E-state index contributed by atoms with van der Waals surface area (Å²) >= 11 is 0. The lowest BCUT2D eigenvalue weighted by Crippen LogP contribution is -2.44. The van der Waals surface area contributed by atoms with Crippen molar-refractivity contribution in [3.63, 3.8) is 0 Å². The molecule has 3 heterocycles. The number of carbonyl (C=O) groups is 3. The largest absolute Gasteiger partial charge is 0.292 e. The third-order valence-electron chi connectivity index (χ3n) is 7.26. The Kier molecular flexibility index (Phi) is 4.82. The van der Waals surface area contributed by atoms with Gasteiger partial charge in [-0.15, -0.1) is 0 Å². The van der Waals surface area contributed by atoms with Crippen LogP contribution in [0.25, 0.3) is 0 Å². The Morgan fingerprint density at radius 2 is 1.64 bits per heavy atom. The van der Waals surface area contributed by atoms with Gasteiger partial charge in [0.25, 0.3) is 5.69 Å². The molecule has 4 atom stereocenters. The summed E-state index contributed by atoms with van der Waals surface area (Å²) in [5.41, 5.74) is 2.53. The number of carbonyl (C=O) groups excluding carboxylic acids is 3. The molecule has 3 aromatic carbocycles. The van der Waals surface area contributed by atoms with Crippen molar-refractivity contribution in [1.82, 2.24) is 5.01 Å². The molecule has 0 aliphatic carbocycles. The minimum Gasteiger partial charge on any atom is -0.292 e. The Bertz CT molecular complexity index is 1480. The standard InChI is InChI=1S/C27H20N4O5/c1-15-11-12-18(31(35)36)13-20(15)29-26(33)21-22(27(29)34)24(25(32)16-7-3-2-4-8-16)30-23(21)19-10-6-5-9-17(19)14-28-30/h2-14,21-24H,1H3/t21-,22+,23+,24-/m1/s1. The molecule has 2 amide bonds. The van der Waals surface area contributed by atoms with Crippen LogP contribution in [0, 0.1) is 28.9 Å². The number of anilines is 1. The zero-order valence-electron chi connectivity index (χ0n) is 19.1. The van der Waals surface area contributed by atoms with Gasteiger partial charge < -0.3 is 0 Å². The molecule has 3 aromatic rings. The summed E-state index contributed by atoms with van der Waals surface area (Å²) in [4.78, 5) is 53.5. The van der Waals surface area contributed by atoms with E-state index in [1.54, 1.807) is 48.5 Å². The first-order valence-corrected chi connectivity index (χ1v) is 11.5. The summed E-state index contributed by atoms with van der Waals surface area (Å²) in [7, 11) is 0. The lowest BCUT2D eigenvalue weighted by Gasteiger charge is -2.34. The van der Waals surface area contributed by atoms with Gasteiger partial charge in [-0.2, -0.15) is 5.10 Å². The minimum absolute atomic E-state index is 0.165. The van der Waals surface area contributed by atoms with Crippen molar-refractivity contribution in [3.05, 3.63) is 105 Å². The fourth-order valence-electron chi connectivity index (χ4n) is 5.63. The average molecular weight is 480 g/mol. The van der Waals surface area contributed by atoms with Crippen LogP contribution < -0.4 is 4.90 Å². The van der Waals surface area contributed by atoms with Gasteiger partial charge in [-0.25, -0.2) is 4.90 Å². The third kappa shape index (κ3) is 3.02. The average Bonchev–Trinajstić information content (AvgIpc) is 3.37.